The molecule has 3 nitrogen and oxygen atoms in total. The van der Waals surface area contributed by atoms with Crippen LogP contribution in [0, 0.1) is 12.3 Å². The monoisotopic (exact) mass is 213 g/mol. The zero-order chi connectivity index (χ0) is 11.8. The molecule has 0 bridgehead atoms. The third-order valence-corrected chi connectivity index (χ3v) is 2.99. The van der Waals surface area contributed by atoms with Crippen LogP contribution in [0.25, 0.3) is 0 Å². The van der Waals surface area contributed by atoms with Gasteiger partial charge in [0.15, 0.2) is 5.78 Å². The molecule has 0 radical (unpaired) electrons. The molecule has 1 aliphatic heterocycles. The molecule has 16 heavy (non-hydrogen) atoms. The van der Waals surface area contributed by atoms with Crippen molar-refractivity contribution in [3.8, 4) is 12.3 Å². The van der Waals surface area contributed by atoms with Crippen LogP contribution in [0.3, 0.4) is 0 Å². The summed E-state index contributed by atoms with van der Waals surface area (Å²) >= 11 is 0. The highest BCUT2D eigenvalue weighted by atomic mass is 16.2. The predicted molar refractivity (Wildman–Crippen MR) is 60.9 cm³/mol. The SMILES string of the molecule is C#CCC1(C(C)=O)C(=O)Nc2ccccc21. The molecular weight excluding hydrogens is 202 g/mol. The third-order valence-electron chi connectivity index (χ3n) is 2.99. The maximum atomic E-state index is 12.0. The van der Waals surface area contributed by atoms with E-state index in [2.05, 4.69) is 11.2 Å². The van der Waals surface area contributed by atoms with E-state index in [0.29, 0.717) is 11.3 Å². The van der Waals surface area contributed by atoms with Gasteiger partial charge in [-0.05, 0) is 18.6 Å². The number of amides is 1. The van der Waals surface area contributed by atoms with E-state index in [4.69, 9.17) is 6.42 Å². The number of carbonyl (C=O) groups is 2. The second kappa shape index (κ2) is 3.49. The van der Waals surface area contributed by atoms with Crippen molar-refractivity contribution in [1.82, 2.24) is 0 Å². The summed E-state index contributed by atoms with van der Waals surface area (Å²) in [4.78, 5) is 23.7. The summed E-state index contributed by atoms with van der Waals surface area (Å²) in [6, 6.07) is 7.15. The Morgan fingerprint density at radius 3 is 2.81 bits per heavy atom. The number of carbonyl (C=O) groups excluding carboxylic acids is 2. The number of hydrogen-bond acceptors (Lipinski definition) is 2. The first-order chi connectivity index (χ1) is 7.63. The fourth-order valence-corrected chi connectivity index (χ4v) is 2.12. The Morgan fingerprint density at radius 1 is 1.50 bits per heavy atom. The number of nitrogens with one attached hydrogen (secondary N) is 1. The van der Waals surface area contributed by atoms with Crippen LogP contribution < -0.4 is 5.32 Å². The highest BCUT2D eigenvalue weighted by Crippen LogP contribution is 2.40. The minimum absolute atomic E-state index is 0.102. The van der Waals surface area contributed by atoms with E-state index in [-0.39, 0.29) is 18.1 Å². The lowest BCUT2D eigenvalue weighted by Gasteiger charge is -2.21. The van der Waals surface area contributed by atoms with Crippen LogP contribution >= 0.6 is 0 Å². The van der Waals surface area contributed by atoms with E-state index in [1.165, 1.54) is 6.92 Å². The highest BCUT2D eigenvalue weighted by Gasteiger charge is 2.50. The number of para-hydroxylation sites is 1. The van der Waals surface area contributed by atoms with Gasteiger partial charge in [-0.15, -0.1) is 12.3 Å². The molecule has 0 aromatic heterocycles. The lowest BCUT2D eigenvalue weighted by molar-refractivity contribution is -0.131. The summed E-state index contributed by atoms with van der Waals surface area (Å²) < 4.78 is 0. The number of fused-ring (bicyclic) bond motifs is 1. The van der Waals surface area contributed by atoms with Crippen molar-refractivity contribution in [2.24, 2.45) is 0 Å². The average Bonchev–Trinajstić information content (AvgIpc) is 2.53. The molecule has 1 amide bonds. The Labute approximate surface area is 93.9 Å². The molecule has 1 unspecified atom stereocenters. The molecule has 0 saturated heterocycles. The van der Waals surface area contributed by atoms with Gasteiger partial charge >= 0.3 is 0 Å². The van der Waals surface area contributed by atoms with Gasteiger partial charge in [0.05, 0.1) is 0 Å². The van der Waals surface area contributed by atoms with E-state index in [1.54, 1.807) is 18.2 Å². The molecule has 3 heteroatoms. The first kappa shape index (κ1) is 10.4. The summed E-state index contributed by atoms with van der Waals surface area (Å²) in [5, 5.41) is 2.70. The first-order valence-corrected chi connectivity index (χ1v) is 4.98. The minimum atomic E-state index is -1.19. The van der Waals surface area contributed by atoms with Crippen LogP contribution in [0.15, 0.2) is 24.3 Å². The molecule has 0 saturated carbocycles. The second-order valence-electron chi connectivity index (χ2n) is 3.84. The van der Waals surface area contributed by atoms with Crippen molar-refractivity contribution in [1.29, 1.82) is 0 Å². The van der Waals surface area contributed by atoms with Crippen LogP contribution in [-0.2, 0) is 15.0 Å². The van der Waals surface area contributed by atoms with Gasteiger partial charge in [-0.2, -0.15) is 0 Å². The van der Waals surface area contributed by atoms with Crippen LogP contribution in [0.5, 0.6) is 0 Å². The number of Topliss-reactive ketones (excluding diaryl/α,β-unsaturated/α-hetero) is 1. The van der Waals surface area contributed by atoms with Gasteiger partial charge in [-0.3, -0.25) is 9.59 Å². The van der Waals surface area contributed by atoms with Gasteiger partial charge in [0, 0.05) is 12.1 Å². The fraction of sp³-hybridized carbons (Fsp3) is 0.231. The van der Waals surface area contributed by atoms with Crippen LogP contribution in [0.2, 0.25) is 0 Å². The summed E-state index contributed by atoms with van der Waals surface area (Å²) in [5.74, 6) is 1.89. The zero-order valence-corrected chi connectivity index (χ0v) is 8.91. The van der Waals surface area contributed by atoms with Crippen molar-refractivity contribution < 1.29 is 9.59 Å². The molecule has 1 aliphatic rings. The first-order valence-electron chi connectivity index (χ1n) is 4.98. The Balaban J connectivity index is 2.67. The van der Waals surface area contributed by atoms with Crippen molar-refractivity contribution in [2.75, 3.05) is 5.32 Å². The molecule has 1 heterocycles. The molecule has 0 spiro atoms. The zero-order valence-electron chi connectivity index (χ0n) is 8.91. The highest BCUT2D eigenvalue weighted by molar-refractivity contribution is 6.20. The van der Waals surface area contributed by atoms with Crippen LogP contribution in [0.1, 0.15) is 18.9 Å². The van der Waals surface area contributed by atoms with E-state index < -0.39 is 5.41 Å². The molecule has 80 valence electrons. The van der Waals surface area contributed by atoms with Gasteiger partial charge in [0.1, 0.15) is 5.41 Å². The number of benzene rings is 1. The fourth-order valence-electron chi connectivity index (χ4n) is 2.12. The lowest BCUT2D eigenvalue weighted by atomic mass is 9.76. The molecule has 1 aromatic carbocycles. The normalized spacial score (nSPS) is 22.1. The Bertz CT molecular complexity index is 513. The molecule has 2 rings (SSSR count). The van der Waals surface area contributed by atoms with E-state index in [9.17, 15) is 9.59 Å². The number of rotatable bonds is 2. The molecule has 1 aromatic rings. The topological polar surface area (TPSA) is 46.2 Å². The minimum Gasteiger partial charge on any atom is -0.325 e. The number of ketones is 1. The summed E-state index contributed by atoms with van der Waals surface area (Å²) in [5.41, 5.74) is 0.175. The summed E-state index contributed by atoms with van der Waals surface area (Å²) in [7, 11) is 0. The average molecular weight is 213 g/mol. The Hall–Kier alpha value is -2.08. The predicted octanol–water partition coefficient (Wildman–Crippen LogP) is 1.49. The van der Waals surface area contributed by atoms with Crippen molar-refractivity contribution in [3.63, 3.8) is 0 Å². The van der Waals surface area contributed by atoms with E-state index >= 15 is 0 Å². The smallest absolute Gasteiger partial charge is 0.243 e. The quantitative estimate of drug-likeness (QED) is 0.597. The van der Waals surface area contributed by atoms with Crippen molar-refractivity contribution in [3.05, 3.63) is 29.8 Å². The molecular formula is C13H11NO2. The number of terminal acetylenes is 1. The standard InChI is InChI=1S/C13H11NO2/c1-3-8-13(9(2)15)10-6-4-5-7-11(10)14-12(13)16/h1,4-7H,8H2,2H3,(H,14,16). The molecule has 0 aliphatic carbocycles. The summed E-state index contributed by atoms with van der Waals surface area (Å²) in [6.07, 6.45) is 5.37. The largest absolute Gasteiger partial charge is 0.325 e. The van der Waals surface area contributed by atoms with Gasteiger partial charge in [-0.1, -0.05) is 18.2 Å². The van der Waals surface area contributed by atoms with Crippen LogP contribution in [-0.4, -0.2) is 11.7 Å². The van der Waals surface area contributed by atoms with Gasteiger partial charge in [0.25, 0.3) is 0 Å². The molecule has 1 atom stereocenters. The lowest BCUT2D eigenvalue weighted by Crippen LogP contribution is -2.40. The van der Waals surface area contributed by atoms with E-state index in [0.717, 1.165) is 0 Å². The van der Waals surface area contributed by atoms with Crippen molar-refractivity contribution >= 4 is 17.4 Å². The molecule has 0 fully saturated rings. The van der Waals surface area contributed by atoms with Crippen LogP contribution in [0.4, 0.5) is 5.69 Å². The number of anilines is 1. The summed E-state index contributed by atoms with van der Waals surface area (Å²) in [6.45, 7) is 1.40. The second-order valence-corrected chi connectivity index (χ2v) is 3.84. The van der Waals surface area contributed by atoms with Crippen molar-refractivity contribution in [2.45, 2.75) is 18.8 Å². The Morgan fingerprint density at radius 2 is 2.19 bits per heavy atom. The molecule has 1 N–H and O–H groups in total. The van der Waals surface area contributed by atoms with Gasteiger partial charge < -0.3 is 5.32 Å². The van der Waals surface area contributed by atoms with Gasteiger partial charge in [0.2, 0.25) is 5.91 Å². The maximum absolute atomic E-state index is 12.0. The maximum Gasteiger partial charge on any atom is 0.243 e. The third kappa shape index (κ3) is 1.17. The van der Waals surface area contributed by atoms with Gasteiger partial charge in [-0.25, -0.2) is 0 Å². The van der Waals surface area contributed by atoms with E-state index in [1.807, 2.05) is 6.07 Å². The Kier molecular flexibility index (Phi) is 2.28. The number of hydrogen-bond donors (Lipinski definition) is 1.